The van der Waals surface area contributed by atoms with E-state index < -0.39 is 11.4 Å². The first-order valence-electron chi connectivity index (χ1n) is 7.23. The summed E-state index contributed by atoms with van der Waals surface area (Å²) in [5.74, 6) is -0.575. The van der Waals surface area contributed by atoms with Gasteiger partial charge in [-0.3, -0.25) is 4.79 Å². The molecule has 0 spiro atoms. The van der Waals surface area contributed by atoms with Crippen LogP contribution in [0, 0.1) is 0 Å². The molecule has 2 N–H and O–H groups in total. The monoisotopic (exact) mass is 353 g/mol. The molecular weight excluding hydrogens is 339 g/mol. The van der Waals surface area contributed by atoms with Gasteiger partial charge in [-0.1, -0.05) is 18.2 Å². The van der Waals surface area contributed by atoms with Crippen molar-refractivity contribution in [2.45, 2.75) is 30.2 Å². The highest BCUT2D eigenvalue weighted by Gasteiger charge is 2.32. The lowest BCUT2D eigenvalue weighted by Crippen LogP contribution is -2.24. The van der Waals surface area contributed by atoms with Gasteiger partial charge in [0.15, 0.2) is 0 Å². The van der Waals surface area contributed by atoms with Crippen molar-refractivity contribution in [1.29, 1.82) is 0 Å². The minimum atomic E-state index is -4.49. The molecule has 1 amide bonds. The number of aromatic nitrogens is 1. The van der Waals surface area contributed by atoms with Crippen LogP contribution in [0.3, 0.4) is 0 Å². The Morgan fingerprint density at radius 2 is 2.04 bits per heavy atom. The smallest absolute Gasteiger partial charge is 0.348 e. The molecule has 2 heterocycles. The number of benzene rings is 1. The topological polar surface area (TPSA) is 54.0 Å². The van der Waals surface area contributed by atoms with Gasteiger partial charge in [-0.05, 0) is 28.8 Å². The average molecular weight is 353 g/mol. The number of thioether (sulfide) groups is 1. The summed E-state index contributed by atoms with van der Waals surface area (Å²) in [4.78, 5) is 15.9. The van der Waals surface area contributed by atoms with Gasteiger partial charge in [0.25, 0.3) is 5.91 Å². The van der Waals surface area contributed by atoms with Crippen LogP contribution in [0.5, 0.6) is 0 Å². The number of alkyl halides is 3. The fraction of sp³-hybridized carbons (Fsp3) is 0.250. The van der Waals surface area contributed by atoms with Crippen molar-refractivity contribution in [1.82, 2.24) is 15.6 Å². The number of fused-ring (bicyclic) bond motifs is 1. The van der Waals surface area contributed by atoms with Crippen molar-refractivity contribution in [3.63, 3.8) is 0 Å². The van der Waals surface area contributed by atoms with Crippen LogP contribution in [0.25, 0.3) is 0 Å². The maximum absolute atomic E-state index is 12.5. The van der Waals surface area contributed by atoms with Crippen LogP contribution in [0.15, 0.2) is 41.6 Å². The molecule has 0 atom stereocenters. The van der Waals surface area contributed by atoms with Gasteiger partial charge in [-0.15, -0.1) is 0 Å². The van der Waals surface area contributed by atoms with Gasteiger partial charge in [0, 0.05) is 37.6 Å². The second-order valence-corrected chi connectivity index (χ2v) is 6.35. The van der Waals surface area contributed by atoms with Gasteiger partial charge in [0.2, 0.25) is 0 Å². The van der Waals surface area contributed by atoms with E-state index in [0.29, 0.717) is 0 Å². The fourth-order valence-corrected chi connectivity index (χ4v) is 3.09. The summed E-state index contributed by atoms with van der Waals surface area (Å²) in [5.41, 5.74) is -1.27. The summed E-state index contributed by atoms with van der Waals surface area (Å²) >= 11 is -0.387. The number of hydrogen-bond donors (Lipinski definition) is 2. The number of carbonyl (C=O) groups excluding carboxylic acids is 1. The number of carbonyl (C=O) groups is 1. The Labute approximate surface area is 140 Å². The quantitative estimate of drug-likeness (QED) is 0.829. The van der Waals surface area contributed by atoms with E-state index >= 15 is 0 Å². The molecule has 1 aromatic heterocycles. The predicted octanol–water partition coefficient (Wildman–Crippen LogP) is 3.23. The summed E-state index contributed by atoms with van der Waals surface area (Å²) in [7, 11) is 0. The lowest BCUT2D eigenvalue weighted by Gasteiger charge is -2.11. The van der Waals surface area contributed by atoms with Crippen LogP contribution < -0.4 is 10.6 Å². The zero-order chi connectivity index (χ0) is 17.2. The van der Waals surface area contributed by atoms with Crippen molar-refractivity contribution in [2.24, 2.45) is 0 Å². The molecule has 0 saturated carbocycles. The zero-order valence-corrected chi connectivity index (χ0v) is 13.3. The maximum Gasteiger partial charge on any atom is 0.447 e. The first kappa shape index (κ1) is 16.8. The Balaban J connectivity index is 1.69. The van der Waals surface area contributed by atoms with E-state index in [9.17, 15) is 18.0 Å². The molecule has 0 aliphatic carbocycles. The van der Waals surface area contributed by atoms with E-state index in [4.69, 9.17) is 0 Å². The molecule has 0 radical (unpaired) electrons. The molecule has 4 nitrogen and oxygen atoms in total. The fourth-order valence-electron chi connectivity index (χ4n) is 2.49. The molecule has 126 valence electrons. The van der Waals surface area contributed by atoms with E-state index in [1.54, 1.807) is 0 Å². The second-order valence-electron chi connectivity index (χ2n) is 5.29. The molecular formula is C16H14F3N3OS. The van der Waals surface area contributed by atoms with Crippen molar-refractivity contribution in [3.8, 4) is 0 Å². The molecule has 0 fully saturated rings. The van der Waals surface area contributed by atoms with Gasteiger partial charge in [0.05, 0.1) is 5.56 Å². The van der Waals surface area contributed by atoms with E-state index in [0.717, 1.165) is 18.7 Å². The average Bonchev–Trinajstić information content (AvgIpc) is 2.99. The Bertz CT molecular complexity index is 764. The van der Waals surface area contributed by atoms with Gasteiger partial charge >= 0.3 is 5.51 Å². The zero-order valence-electron chi connectivity index (χ0n) is 12.5. The van der Waals surface area contributed by atoms with Crippen LogP contribution in [-0.4, -0.2) is 16.4 Å². The van der Waals surface area contributed by atoms with Gasteiger partial charge in [-0.2, -0.15) is 13.2 Å². The van der Waals surface area contributed by atoms with Crippen LogP contribution in [-0.2, 0) is 19.6 Å². The third-order valence-corrected chi connectivity index (χ3v) is 4.33. The van der Waals surface area contributed by atoms with Crippen molar-refractivity contribution in [2.75, 3.05) is 0 Å². The van der Waals surface area contributed by atoms with Crippen LogP contribution in [0.4, 0.5) is 13.2 Å². The Morgan fingerprint density at radius 3 is 2.83 bits per heavy atom. The number of rotatable bonds is 4. The Morgan fingerprint density at radius 1 is 1.25 bits per heavy atom. The molecule has 1 aliphatic rings. The van der Waals surface area contributed by atoms with Crippen LogP contribution in [0.1, 0.15) is 27.0 Å². The molecule has 2 aromatic rings. The molecule has 3 rings (SSSR count). The highest BCUT2D eigenvalue weighted by Crippen LogP contribution is 2.37. The number of nitrogens with one attached hydrogen (secondary N) is 2. The highest BCUT2D eigenvalue weighted by atomic mass is 32.2. The lowest BCUT2D eigenvalue weighted by atomic mass is 10.1. The summed E-state index contributed by atoms with van der Waals surface area (Å²) in [5, 5.41) is 5.54. The molecule has 0 saturated heterocycles. The number of hydrogen-bond acceptors (Lipinski definition) is 4. The maximum atomic E-state index is 12.5. The number of halogens is 3. The van der Waals surface area contributed by atoms with Crippen molar-refractivity contribution < 1.29 is 18.0 Å². The van der Waals surface area contributed by atoms with E-state index in [2.05, 4.69) is 15.6 Å². The molecule has 8 heteroatoms. The summed E-state index contributed by atoms with van der Waals surface area (Å²) in [6.07, 6.45) is 1.23. The highest BCUT2D eigenvalue weighted by molar-refractivity contribution is 8.00. The molecule has 1 aromatic carbocycles. The normalized spacial score (nSPS) is 13.6. The molecule has 1 aliphatic heterocycles. The molecule has 0 unspecified atom stereocenters. The predicted molar refractivity (Wildman–Crippen MR) is 84.3 cm³/mol. The number of nitrogens with zero attached hydrogens (tertiary/aromatic N) is 1. The second kappa shape index (κ2) is 6.82. The minimum Gasteiger partial charge on any atom is -0.348 e. The first-order chi connectivity index (χ1) is 11.4. The Hall–Kier alpha value is -2.06. The SMILES string of the molecule is O=C(NCc1ccc2c(c1)CNC2)c1cccnc1SC(F)(F)F. The third kappa shape index (κ3) is 4.07. The number of pyridine rings is 1. The van der Waals surface area contributed by atoms with E-state index in [-0.39, 0.29) is 28.9 Å². The largest absolute Gasteiger partial charge is 0.447 e. The summed E-state index contributed by atoms with van der Waals surface area (Å²) in [6.45, 7) is 1.86. The number of amides is 1. The van der Waals surface area contributed by atoms with Gasteiger partial charge in [-0.25, -0.2) is 4.98 Å². The van der Waals surface area contributed by atoms with Crippen LogP contribution in [0.2, 0.25) is 0 Å². The lowest BCUT2D eigenvalue weighted by molar-refractivity contribution is -0.0329. The van der Waals surface area contributed by atoms with Gasteiger partial charge in [0.1, 0.15) is 5.03 Å². The first-order valence-corrected chi connectivity index (χ1v) is 8.04. The molecule has 0 bridgehead atoms. The van der Waals surface area contributed by atoms with Crippen LogP contribution >= 0.6 is 11.8 Å². The third-order valence-electron chi connectivity index (χ3n) is 3.58. The van der Waals surface area contributed by atoms with Crippen molar-refractivity contribution in [3.05, 3.63) is 58.8 Å². The Kier molecular flexibility index (Phi) is 4.77. The van der Waals surface area contributed by atoms with Gasteiger partial charge < -0.3 is 10.6 Å². The summed E-state index contributed by atoms with van der Waals surface area (Å²) in [6, 6.07) is 8.66. The standard InChI is InChI=1S/C16H14F3N3OS/c17-16(18,19)24-15-13(2-1-5-21-15)14(23)22-7-10-3-4-11-8-20-9-12(11)6-10/h1-6,20H,7-9H2,(H,22,23). The van der Waals surface area contributed by atoms with Crippen molar-refractivity contribution >= 4 is 17.7 Å². The van der Waals surface area contributed by atoms with E-state index in [1.807, 2.05) is 18.2 Å². The minimum absolute atomic E-state index is 0.0809. The molecule has 24 heavy (non-hydrogen) atoms. The summed E-state index contributed by atoms with van der Waals surface area (Å²) < 4.78 is 37.6. The van der Waals surface area contributed by atoms with E-state index in [1.165, 1.54) is 29.5 Å².